The van der Waals surface area contributed by atoms with Gasteiger partial charge in [-0.2, -0.15) is 0 Å². The smallest absolute Gasteiger partial charge is 0.251 e. The Labute approximate surface area is 125 Å². The molecule has 0 atom stereocenters. The Hall–Kier alpha value is -1.78. The third-order valence-electron chi connectivity index (χ3n) is 2.80. The zero-order valence-corrected chi connectivity index (χ0v) is 12.2. The summed E-state index contributed by atoms with van der Waals surface area (Å²) in [5.41, 5.74) is 1.12. The number of nitrogens with zero attached hydrogens (tertiary/aromatic N) is 1. The Bertz CT molecular complexity index is 711. The van der Waals surface area contributed by atoms with E-state index in [0.717, 1.165) is 5.56 Å². The zero-order valence-electron chi connectivity index (χ0n) is 10.7. The van der Waals surface area contributed by atoms with E-state index in [0.29, 0.717) is 15.7 Å². The monoisotopic (exact) mass is 310 g/mol. The zero-order chi connectivity index (χ0) is 14.7. The van der Waals surface area contributed by atoms with Crippen LogP contribution in [0.3, 0.4) is 0 Å². The van der Waals surface area contributed by atoms with E-state index >= 15 is 0 Å². The molecular weight excluding hydrogens is 299 g/mol. The van der Waals surface area contributed by atoms with Crippen molar-refractivity contribution in [2.24, 2.45) is 0 Å². The molecule has 0 saturated carbocycles. The molecule has 2 aromatic rings. The third kappa shape index (κ3) is 3.40. The van der Waals surface area contributed by atoms with Crippen LogP contribution in [0, 0.1) is 6.92 Å². The normalized spacial score (nSPS) is 10.3. The number of carbonyl (C=O) groups excluding carboxylic acids is 1. The summed E-state index contributed by atoms with van der Waals surface area (Å²) in [6, 6.07) is 8.05. The number of anilines is 1. The van der Waals surface area contributed by atoms with Gasteiger partial charge < -0.3 is 9.88 Å². The lowest BCUT2D eigenvalue weighted by molar-refractivity contribution is -0.116. The van der Waals surface area contributed by atoms with E-state index in [4.69, 9.17) is 23.2 Å². The van der Waals surface area contributed by atoms with Crippen LogP contribution in [0.4, 0.5) is 5.69 Å². The lowest BCUT2D eigenvalue weighted by atomic mass is 10.2. The van der Waals surface area contributed by atoms with Crippen LogP contribution in [0.15, 0.2) is 41.3 Å². The van der Waals surface area contributed by atoms with Crippen molar-refractivity contribution in [2.45, 2.75) is 13.5 Å². The number of hydrogen-bond donors (Lipinski definition) is 1. The second-order valence-electron chi connectivity index (χ2n) is 4.27. The fourth-order valence-electron chi connectivity index (χ4n) is 1.71. The fraction of sp³-hybridized carbons (Fsp3) is 0.143. The van der Waals surface area contributed by atoms with E-state index in [1.807, 2.05) is 6.92 Å². The molecule has 104 valence electrons. The molecule has 20 heavy (non-hydrogen) atoms. The number of nitrogens with one attached hydrogen (secondary N) is 1. The van der Waals surface area contributed by atoms with E-state index in [1.54, 1.807) is 18.2 Å². The van der Waals surface area contributed by atoms with Crippen LogP contribution in [0.2, 0.25) is 10.0 Å². The molecule has 0 spiro atoms. The molecule has 0 aliphatic heterocycles. The van der Waals surface area contributed by atoms with E-state index < -0.39 is 0 Å². The molecule has 4 nitrogen and oxygen atoms in total. The number of aromatic nitrogens is 1. The number of carbonyl (C=O) groups is 1. The van der Waals surface area contributed by atoms with Crippen LogP contribution in [0.1, 0.15) is 5.56 Å². The number of benzene rings is 1. The second-order valence-corrected chi connectivity index (χ2v) is 5.12. The summed E-state index contributed by atoms with van der Waals surface area (Å²) in [6.45, 7) is 1.70. The van der Waals surface area contributed by atoms with Gasteiger partial charge in [0.1, 0.15) is 6.54 Å². The van der Waals surface area contributed by atoms with Gasteiger partial charge in [-0.25, -0.2) is 0 Å². The van der Waals surface area contributed by atoms with Crippen molar-refractivity contribution in [3.63, 3.8) is 0 Å². The van der Waals surface area contributed by atoms with Gasteiger partial charge in [0, 0.05) is 23.0 Å². The first-order chi connectivity index (χ1) is 9.47. The molecule has 0 fully saturated rings. The number of hydrogen-bond acceptors (Lipinski definition) is 2. The maximum Gasteiger partial charge on any atom is 0.251 e. The average molecular weight is 311 g/mol. The number of halogens is 2. The average Bonchev–Trinajstić information content (AvgIpc) is 2.39. The highest BCUT2D eigenvalue weighted by Crippen LogP contribution is 2.22. The van der Waals surface area contributed by atoms with Crippen LogP contribution >= 0.6 is 23.2 Å². The Morgan fingerprint density at radius 1 is 1.25 bits per heavy atom. The van der Waals surface area contributed by atoms with Crippen LogP contribution in [0.25, 0.3) is 0 Å². The first-order valence-electron chi connectivity index (χ1n) is 5.88. The third-order valence-corrected chi connectivity index (χ3v) is 3.44. The van der Waals surface area contributed by atoms with E-state index in [9.17, 15) is 9.59 Å². The van der Waals surface area contributed by atoms with Crippen molar-refractivity contribution < 1.29 is 4.79 Å². The Morgan fingerprint density at radius 2 is 2.00 bits per heavy atom. The summed E-state index contributed by atoms with van der Waals surface area (Å²) >= 11 is 11.8. The highest BCUT2D eigenvalue weighted by Gasteiger charge is 2.08. The molecule has 0 aliphatic rings. The van der Waals surface area contributed by atoms with Gasteiger partial charge in [-0.05, 0) is 30.7 Å². The van der Waals surface area contributed by atoms with Gasteiger partial charge in [0.05, 0.1) is 5.02 Å². The van der Waals surface area contributed by atoms with Gasteiger partial charge in [-0.3, -0.25) is 9.59 Å². The second kappa shape index (κ2) is 6.11. The van der Waals surface area contributed by atoms with Gasteiger partial charge in [0.2, 0.25) is 5.91 Å². The summed E-state index contributed by atoms with van der Waals surface area (Å²) in [6.07, 6.45) is 1.42. The molecule has 1 heterocycles. The number of pyridine rings is 1. The number of rotatable bonds is 3. The maximum atomic E-state index is 12.0. The van der Waals surface area contributed by atoms with Crippen LogP contribution < -0.4 is 10.9 Å². The Morgan fingerprint density at radius 3 is 2.75 bits per heavy atom. The van der Waals surface area contributed by atoms with Crippen molar-refractivity contribution >= 4 is 34.8 Å². The lowest BCUT2D eigenvalue weighted by Gasteiger charge is -2.10. The van der Waals surface area contributed by atoms with E-state index in [1.165, 1.54) is 22.9 Å². The fourth-order valence-corrected chi connectivity index (χ4v) is 2.07. The molecule has 0 radical (unpaired) electrons. The summed E-state index contributed by atoms with van der Waals surface area (Å²) in [4.78, 5) is 23.5. The highest BCUT2D eigenvalue weighted by atomic mass is 35.5. The summed E-state index contributed by atoms with van der Waals surface area (Å²) in [5.74, 6) is -0.320. The topological polar surface area (TPSA) is 51.1 Å². The first kappa shape index (κ1) is 14.6. The molecule has 1 amide bonds. The quantitative estimate of drug-likeness (QED) is 0.947. The predicted octanol–water partition coefficient (Wildman–Crippen LogP) is 3.10. The Kier molecular flexibility index (Phi) is 4.47. The summed E-state index contributed by atoms with van der Waals surface area (Å²) in [7, 11) is 0. The van der Waals surface area contributed by atoms with E-state index in [-0.39, 0.29) is 18.0 Å². The largest absolute Gasteiger partial charge is 0.324 e. The summed E-state index contributed by atoms with van der Waals surface area (Å²) < 4.78 is 1.25. The van der Waals surface area contributed by atoms with Crippen molar-refractivity contribution in [3.8, 4) is 0 Å². The van der Waals surface area contributed by atoms with Crippen LogP contribution in [-0.4, -0.2) is 10.5 Å². The van der Waals surface area contributed by atoms with Gasteiger partial charge >= 0.3 is 0 Å². The molecule has 0 aliphatic carbocycles. The van der Waals surface area contributed by atoms with Crippen LogP contribution in [-0.2, 0) is 11.3 Å². The molecule has 6 heteroatoms. The maximum absolute atomic E-state index is 12.0. The molecule has 0 bridgehead atoms. The minimum Gasteiger partial charge on any atom is -0.324 e. The first-order valence-corrected chi connectivity index (χ1v) is 6.64. The van der Waals surface area contributed by atoms with Gasteiger partial charge in [0.15, 0.2) is 0 Å². The van der Waals surface area contributed by atoms with Crippen molar-refractivity contribution in [3.05, 3.63) is 62.5 Å². The van der Waals surface area contributed by atoms with Crippen LogP contribution in [0.5, 0.6) is 0 Å². The molecule has 0 unspecified atom stereocenters. The molecule has 1 N–H and O–H groups in total. The van der Waals surface area contributed by atoms with Crippen molar-refractivity contribution in [1.29, 1.82) is 0 Å². The minimum atomic E-state index is -0.320. The molecular formula is C14H12Cl2N2O2. The van der Waals surface area contributed by atoms with Crippen molar-refractivity contribution in [1.82, 2.24) is 4.57 Å². The highest BCUT2D eigenvalue weighted by molar-refractivity contribution is 6.31. The van der Waals surface area contributed by atoms with E-state index in [2.05, 4.69) is 5.32 Å². The molecule has 1 aromatic heterocycles. The van der Waals surface area contributed by atoms with Gasteiger partial charge in [-0.1, -0.05) is 29.3 Å². The SMILES string of the molecule is Cc1c(Cl)cccc1NC(=O)Cn1cc(Cl)ccc1=O. The standard InChI is InChI=1S/C14H12Cl2N2O2/c1-9-11(16)3-2-4-12(9)17-13(19)8-18-7-10(15)5-6-14(18)20/h2-7H,8H2,1H3,(H,17,19). The molecule has 1 aromatic carbocycles. The Balaban J connectivity index is 2.15. The number of amides is 1. The molecule has 0 saturated heterocycles. The van der Waals surface area contributed by atoms with Gasteiger partial charge in [0.25, 0.3) is 5.56 Å². The minimum absolute atomic E-state index is 0.106. The van der Waals surface area contributed by atoms with Gasteiger partial charge in [-0.15, -0.1) is 0 Å². The summed E-state index contributed by atoms with van der Waals surface area (Å²) in [5, 5.41) is 3.69. The molecule has 2 rings (SSSR count). The predicted molar refractivity (Wildman–Crippen MR) is 80.5 cm³/mol. The van der Waals surface area contributed by atoms with Crippen molar-refractivity contribution in [2.75, 3.05) is 5.32 Å². The lowest BCUT2D eigenvalue weighted by Crippen LogP contribution is -2.26.